The lowest BCUT2D eigenvalue weighted by molar-refractivity contribution is 0.186. The molecule has 1 fully saturated rings. The van der Waals surface area contributed by atoms with Crippen molar-refractivity contribution in [1.29, 1.82) is 5.26 Å². The molecule has 2 heteroatoms. The highest BCUT2D eigenvalue weighted by atomic mass is 15.2. The Morgan fingerprint density at radius 2 is 1.72 bits per heavy atom. The van der Waals surface area contributed by atoms with E-state index in [0.717, 1.165) is 32.4 Å². The van der Waals surface area contributed by atoms with Gasteiger partial charge in [-0.15, -0.1) is 0 Å². The molecular weight excluding hydrogens is 220 g/mol. The van der Waals surface area contributed by atoms with Crippen LogP contribution < -0.4 is 0 Å². The van der Waals surface area contributed by atoms with Crippen LogP contribution in [0.2, 0.25) is 0 Å². The minimum absolute atomic E-state index is 0.270. The molecule has 0 aromatic heterocycles. The van der Waals surface area contributed by atoms with Crippen molar-refractivity contribution in [2.24, 2.45) is 5.92 Å². The number of hydrogen-bond donors (Lipinski definition) is 0. The summed E-state index contributed by atoms with van der Waals surface area (Å²) in [4.78, 5) is 2.57. The zero-order valence-electron chi connectivity index (χ0n) is 10.8. The van der Waals surface area contributed by atoms with Crippen molar-refractivity contribution in [3.05, 3.63) is 35.4 Å². The molecule has 0 amide bonds. The maximum Gasteiger partial charge on any atom is 0.0672 e. The fourth-order valence-corrected chi connectivity index (χ4v) is 3.54. The van der Waals surface area contributed by atoms with Crippen molar-refractivity contribution < 1.29 is 0 Å². The van der Waals surface area contributed by atoms with Crippen LogP contribution in [0.4, 0.5) is 0 Å². The average molecular weight is 240 g/mol. The van der Waals surface area contributed by atoms with Crippen LogP contribution >= 0.6 is 0 Å². The number of hydrogen-bond acceptors (Lipinski definition) is 2. The molecule has 1 aliphatic carbocycles. The van der Waals surface area contributed by atoms with Crippen molar-refractivity contribution >= 4 is 0 Å². The average Bonchev–Trinajstić information content (AvgIpc) is 2.78. The van der Waals surface area contributed by atoms with Gasteiger partial charge in [0.2, 0.25) is 0 Å². The van der Waals surface area contributed by atoms with Crippen molar-refractivity contribution in [1.82, 2.24) is 4.90 Å². The lowest BCUT2D eigenvalue weighted by Crippen LogP contribution is -2.39. The molecule has 18 heavy (non-hydrogen) atoms. The number of fused-ring (bicyclic) bond motifs is 1. The van der Waals surface area contributed by atoms with Crippen molar-refractivity contribution in [3.8, 4) is 6.07 Å². The summed E-state index contributed by atoms with van der Waals surface area (Å²) in [5, 5.41) is 9.23. The number of benzene rings is 1. The predicted octanol–water partition coefficient (Wildman–Crippen LogP) is 2.78. The van der Waals surface area contributed by atoms with E-state index >= 15 is 0 Å². The third kappa shape index (κ3) is 2.15. The zero-order valence-corrected chi connectivity index (χ0v) is 10.8. The van der Waals surface area contributed by atoms with Crippen molar-refractivity contribution in [2.75, 3.05) is 13.1 Å². The first-order valence-corrected chi connectivity index (χ1v) is 7.09. The van der Waals surface area contributed by atoms with Gasteiger partial charge in [0.15, 0.2) is 0 Å². The third-order valence-electron chi connectivity index (χ3n) is 4.57. The summed E-state index contributed by atoms with van der Waals surface area (Å²) in [5.74, 6) is 0.270. The molecule has 0 spiro atoms. The second-order valence-electron chi connectivity index (χ2n) is 5.54. The largest absolute Gasteiger partial charge is 0.298 e. The quantitative estimate of drug-likeness (QED) is 0.754. The summed E-state index contributed by atoms with van der Waals surface area (Å²) < 4.78 is 0. The van der Waals surface area contributed by atoms with E-state index in [1.165, 1.54) is 24.0 Å². The molecule has 0 saturated heterocycles. The van der Waals surface area contributed by atoms with E-state index in [0.29, 0.717) is 6.04 Å². The van der Waals surface area contributed by atoms with Gasteiger partial charge in [-0.3, -0.25) is 4.90 Å². The Bertz CT molecular complexity index is 433. The van der Waals surface area contributed by atoms with E-state index < -0.39 is 0 Å². The molecule has 1 heterocycles. The van der Waals surface area contributed by atoms with E-state index in [1.807, 2.05) is 0 Å². The molecule has 0 N–H and O–H groups in total. The lowest BCUT2D eigenvalue weighted by Gasteiger charge is -2.29. The Morgan fingerprint density at radius 3 is 2.33 bits per heavy atom. The van der Waals surface area contributed by atoms with E-state index in [9.17, 15) is 5.26 Å². The molecule has 0 radical (unpaired) electrons. The van der Waals surface area contributed by atoms with Gasteiger partial charge in [-0.2, -0.15) is 5.26 Å². The smallest absolute Gasteiger partial charge is 0.0672 e. The SMILES string of the molecule is N#CC1CCCC1N1CCc2ccccc2CC1. The van der Waals surface area contributed by atoms with Crippen LogP contribution in [0.1, 0.15) is 30.4 Å². The van der Waals surface area contributed by atoms with Crippen LogP contribution in [0.3, 0.4) is 0 Å². The summed E-state index contributed by atoms with van der Waals surface area (Å²) in [6, 6.07) is 11.8. The van der Waals surface area contributed by atoms with E-state index in [1.54, 1.807) is 0 Å². The Balaban J connectivity index is 1.73. The van der Waals surface area contributed by atoms with Gasteiger partial charge in [0.25, 0.3) is 0 Å². The molecular formula is C16H20N2. The maximum absolute atomic E-state index is 9.23. The highest BCUT2D eigenvalue weighted by Crippen LogP contribution is 2.30. The van der Waals surface area contributed by atoms with E-state index in [4.69, 9.17) is 0 Å². The maximum atomic E-state index is 9.23. The highest BCUT2D eigenvalue weighted by molar-refractivity contribution is 5.28. The lowest BCUT2D eigenvalue weighted by atomic mass is 10.0. The summed E-state index contributed by atoms with van der Waals surface area (Å²) in [7, 11) is 0. The number of rotatable bonds is 1. The van der Waals surface area contributed by atoms with E-state index in [2.05, 4.69) is 35.2 Å². The van der Waals surface area contributed by atoms with Crippen LogP contribution in [0.5, 0.6) is 0 Å². The first kappa shape index (κ1) is 11.7. The summed E-state index contributed by atoms with van der Waals surface area (Å²) in [6.07, 6.45) is 5.83. The minimum atomic E-state index is 0.270. The minimum Gasteiger partial charge on any atom is -0.298 e. The van der Waals surface area contributed by atoms with Crippen LogP contribution in [-0.4, -0.2) is 24.0 Å². The second-order valence-corrected chi connectivity index (χ2v) is 5.54. The van der Waals surface area contributed by atoms with Gasteiger partial charge >= 0.3 is 0 Å². The summed E-state index contributed by atoms with van der Waals surface area (Å²) in [6.45, 7) is 2.25. The highest BCUT2D eigenvalue weighted by Gasteiger charge is 2.32. The fourth-order valence-electron chi connectivity index (χ4n) is 3.54. The summed E-state index contributed by atoms with van der Waals surface area (Å²) >= 11 is 0. The van der Waals surface area contributed by atoms with Gasteiger partial charge in [-0.05, 0) is 36.8 Å². The van der Waals surface area contributed by atoms with Gasteiger partial charge in [-0.1, -0.05) is 30.7 Å². The van der Waals surface area contributed by atoms with Gasteiger partial charge in [-0.25, -0.2) is 0 Å². The molecule has 94 valence electrons. The van der Waals surface area contributed by atoms with Gasteiger partial charge in [0, 0.05) is 19.1 Å². The fraction of sp³-hybridized carbons (Fsp3) is 0.562. The Morgan fingerprint density at radius 1 is 1.06 bits per heavy atom. The summed E-state index contributed by atoms with van der Waals surface area (Å²) in [5.41, 5.74) is 3.01. The molecule has 2 aliphatic rings. The molecule has 2 nitrogen and oxygen atoms in total. The zero-order chi connectivity index (χ0) is 12.4. The van der Waals surface area contributed by atoms with Crippen molar-refractivity contribution in [2.45, 2.75) is 38.1 Å². The Labute approximate surface area is 109 Å². The van der Waals surface area contributed by atoms with Crippen LogP contribution in [0.15, 0.2) is 24.3 Å². The predicted molar refractivity (Wildman–Crippen MR) is 72.2 cm³/mol. The molecule has 0 bridgehead atoms. The van der Waals surface area contributed by atoms with Crippen molar-refractivity contribution in [3.63, 3.8) is 0 Å². The second kappa shape index (κ2) is 5.12. The third-order valence-corrected chi connectivity index (χ3v) is 4.57. The number of nitrogens with zero attached hydrogens (tertiary/aromatic N) is 2. The molecule has 3 rings (SSSR count). The van der Waals surface area contributed by atoms with Gasteiger partial charge in [0.1, 0.15) is 0 Å². The first-order valence-electron chi connectivity index (χ1n) is 7.09. The monoisotopic (exact) mass is 240 g/mol. The van der Waals surface area contributed by atoms with Crippen LogP contribution in [-0.2, 0) is 12.8 Å². The molecule has 1 aromatic carbocycles. The standard InChI is InChI=1S/C16H20N2/c17-12-15-6-3-7-16(15)18-10-8-13-4-1-2-5-14(13)9-11-18/h1-2,4-5,15-16H,3,6-11H2. The van der Waals surface area contributed by atoms with Crippen LogP contribution in [0, 0.1) is 17.2 Å². The topological polar surface area (TPSA) is 27.0 Å². The first-order chi connectivity index (χ1) is 8.88. The molecule has 1 aromatic rings. The Hall–Kier alpha value is -1.33. The number of nitriles is 1. The van der Waals surface area contributed by atoms with Gasteiger partial charge < -0.3 is 0 Å². The molecule has 1 saturated carbocycles. The van der Waals surface area contributed by atoms with E-state index in [-0.39, 0.29) is 5.92 Å². The molecule has 2 atom stereocenters. The Kier molecular flexibility index (Phi) is 3.34. The van der Waals surface area contributed by atoms with Gasteiger partial charge in [0.05, 0.1) is 12.0 Å². The van der Waals surface area contributed by atoms with Crippen LogP contribution in [0.25, 0.3) is 0 Å². The molecule has 1 aliphatic heterocycles. The molecule has 2 unspecified atom stereocenters. The normalized spacial score (nSPS) is 28.4.